The molecular weight excluding hydrogens is 250 g/mol. The quantitative estimate of drug-likeness (QED) is 0.737. The van der Waals surface area contributed by atoms with E-state index in [0.29, 0.717) is 13.0 Å². The van der Waals surface area contributed by atoms with Crippen LogP contribution in [0, 0.1) is 5.82 Å². The van der Waals surface area contributed by atoms with E-state index in [2.05, 4.69) is 9.97 Å². The van der Waals surface area contributed by atoms with E-state index in [1.165, 1.54) is 24.5 Å². The molecule has 2 aromatic rings. The lowest BCUT2D eigenvalue weighted by molar-refractivity contribution is 0.296. The third kappa shape index (κ3) is 4.01. The molecule has 1 aromatic carbocycles. The average molecular weight is 262 g/mol. The van der Waals surface area contributed by atoms with Crippen molar-refractivity contribution in [1.29, 1.82) is 0 Å². The Morgan fingerprint density at radius 2 is 1.74 bits per heavy atom. The maximum Gasteiger partial charge on any atom is 0.491 e. The summed E-state index contributed by atoms with van der Waals surface area (Å²) in [6.07, 6.45) is 3.17. The van der Waals surface area contributed by atoms with E-state index in [0.717, 1.165) is 5.56 Å². The first-order chi connectivity index (χ1) is 9.15. The molecule has 5 nitrogen and oxygen atoms in total. The van der Waals surface area contributed by atoms with Crippen LogP contribution in [-0.4, -0.2) is 33.7 Å². The van der Waals surface area contributed by atoms with Crippen molar-refractivity contribution in [3.8, 4) is 6.01 Å². The molecule has 19 heavy (non-hydrogen) atoms. The molecule has 0 radical (unpaired) electrons. The molecule has 0 spiro atoms. The highest BCUT2D eigenvalue weighted by atomic mass is 19.1. The number of benzene rings is 1. The topological polar surface area (TPSA) is 75.5 Å². The Kier molecular flexibility index (Phi) is 4.43. The molecule has 1 aromatic heterocycles. The number of rotatable bonds is 5. The minimum Gasteiger partial charge on any atom is -0.463 e. The monoisotopic (exact) mass is 262 g/mol. The van der Waals surface area contributed by atoms with Crippen LogP contribution in [-0.2, 0) is 6.42 Å². The van der Waals surface area contributed by atoms with Crippen molar-refractivity contribution in [1.82, 2.24) is 9.97 Å². The van der Waals surface area contributed by atoms with Gasteiger partial charge in [-0.3, -0.25) is 0 Å². The summed E-state index contributed by atoms with van der Waals surface area (Å²) in [7, 11) is -1.59. The molecule has 2 rings (SSSR count). The lowest BCUT2D eigenvalue weighted by Gasteiger charge is -2.05. The molecule has 0 fully saturated rings. The van der Waals surface area contributed by atoms with E-state index < -0.39 is 7.12 Å². The number of halogens is 1. The van der Waals surface area contributed by atoms with Gasteiger partial charge >= 0.3 is 13.1 Å². The van der Waals surface area contributed by atoms with E-state index in [9.17, 15) is 4.39 Å². The van der Waals surface area contributed by atoms with Gasteiger partial charge in [-0.05, 0) is 17.7 Å². The molecule has 0 aliphatic rings. The SMILES string of the molecule is OB(O)c1cnc(OCCc2ccc(F)cc2)nc1. The zero-order valence-corrected chi connectivity index (χ0v) is 10.0. The van der Waals surface area contributed by atoms with Gasteiger partial charge in [0.1, 0.15) is 5.82 Å². The highest BCUT2D eigenvalue weighted by Gasteiger charge is 2.11. The van der Waals surface area contributed by atoms with Gasteiger partial charge in [0.25, 0.3) is 0 Å². The van der Waals surface area contributed by atoms with Crippen molar-refractivity contribution in [3.05, 3.63) is 48.0 Å². The number of hydrogen-bond acceptors (Lipinski definition) is 5. The second-order valence-corrected chi connectivity index (χ2v) is 3.90. The summed E-state index contributed by atoms with van der Waals surface area (Å²) in [5.74, 6) is -0.272. The van der Waals surface area contributed by atoms with Gasteiger partial charge in [-0.25, -0.2) is 14.4 Å². The maximum absolute atomic E-state index is 12.7. The summed E-state index contributed by atoms with van der Waals surface area (Å²) < 4.78 is 18.0. The molecule has 0 unspecified atom stereocenters. The van der Waals surface area contributed by atoms with E-state index in [1.54, 1.807) is 12.1 Å². The summed E-state index contributed by atoms with van der Waals surface area (Å²) in [6.45, 7) is 0.354. The third-order valence-corrected chi connectivity index (χ3v) is 2.48. The van der Waals surface area contributed by atoms with Crippen LogP contribution in [0.5, 0.6) is 6.01 Å². The summed E-state index contributed by atoms with van der Waals surface area (Å²) >= 11 is 0. The van der Waals surface area contributed by atoms with Gasteiger partial charge in [0.2, 0.25) is 0 Å². The van der Waals surface area contributed by atoms with Crippen LogP contribution >= 0.6 is 0 Å². The van der Waals surface area contributed by atoms with Crippen LogP contribution in [0.2, 0.25) is 0 Å². The van der Waals surface area contributed by atoms with E-state index >= 15 is 0 Å². The standard InChI is InChI=1S/C12H12BFN2O3/c14-11-3-1-9(2-4-11)5-6-19-12-15-7-10(8-16-12)13(17)18/h1-4,7-8,17-18H,5-6H2. The van der Waals surface area contributed by atoms with Gasteiger partial charge in [-0.2, -0.15) is 0 Å². The van der Waals surface area contributed by atoms with E-state index in [4.69, 9.17) is 14.8 Å². The first-order valence-corrected chi connectivity index (χ1v) is 5.70. The largest absolute Gasteiger partial charge is 0.491 e. The molecule has 0 aliphatic carbocycles. The number of aromatic nitrogens is 2. The molecule has 0 amide bonds. The Balaban J connectivity index is 1.83. The highest BCUT2D eigenvalue weighted by Crippen LogP contribution is 2.04. The fraction of sp³-hybridized carbons (Fsp3) is 0.167. The van der Waals surface area contributed by atoms with Crippen molar-refractivity contribution in [3.63, 3.8) is 0 Å². The fourth-order valence-electron chi connectivity index (χ4n) is 1.45. The van der Waals surface area contributed by atoms with E-state index in [1.807, 2.05) is 0 Å². The Bertz CT molecular complexity index is 520. The van der Waals surface area contributed by atoms with Gasteiger partial charge in [0, 0.05) is 24.3 Å². The molecule has 7 heteroatoms. The Morgan fingerprint density at radius 3 is 2.32 bits per heavy atom. The Hall–Kier alpha value is -1.99. The average Bonchev–Trinajstić information content (AvgIpc) is 2.41. The number of ether oxygens (including phenoxy) is 1. The van der Waals surface area contributed by atoms with Crippen LogP contribution < -0.4 is 10.2 Å². The van der Waals surface area contributed by atoms with Crippen LogP contribution in [0.1, 0.15) is 5.56 Å². The minimum atomic E-state index is -1.59. The molecular formula is C12H12BFN2O3. The summed E-state index contributed by atoms with van der Waals surface area (Å²) in [5, 5.41) is 17.7. The van der Waals surface area contributed by atoms with Gasteiger partial charge in [-0.1, -0.05) is 12.1 Å². The smallest absolute Gasteiger partial charge is 0.463 e. The molecule has 0 aliphatic heterocycles. The fourth-order valence-corrected chi connectivity index (χ4v) is 1.45. The van der Waals surface area contributed by atoms with Crippen molar-refractivity contribution in [2.24, 2.45) is 0 Å². The molecule has 0 saturated heterocycles. The summed E-state index contributed by atoms with van der Waals surface area (Å²) in [5.41, 5.74) is 1.15. The zero-order valence-electron chi connectivity index (χ0n) is 10.0. The maximum atomic E-state index is 12.7. The van der Waals surface area contributed by atoms with Crippen LogP contribution in [0.4, 0.5) is 4.39 Å². The van der Waals surface area contributed by atoms with Crippen molar-refractivity contribution in [2.45, 2.75) is 6.42 Å². The van der Waals surface area contributed by atoms with Gasteiger partial charge in [-0.15, -0.1) is 0 Å². The predicted octanol–water partition coefficient (Wildman–Crippen LogP) is -0.0830. The molecule has 0 bridgehead atoms. The van der Waals surface area contributed by atoms with Crippen molar-refractivity contribution >= 4 is 12.6 Å². The minimum absolute atomic E-state index is 0.159. The molecule has 0 saturated carbocycles. The number of hydrogen-bond donors (Lipinski definition) is 2. The normalized spacial score (nSPS) is 10.3. The molecule has 98 valence electrons. The zero-order chi connectivity index (χ0) is 13.7. The second-order valence-electron chi connectivity index (χ2n) is 3.90. The Labute approximate surface area is 109 Å². The van der Waals surface area contributed by atoms with Gasteiger partial charge in [0.05, 0.1) is 6.61 Å². The van der Waals surface area contributed by atoms with Crippen molar-refractivity contribution in [2.75, 3.05) is 6.61 Å². The summed E-state index contributed by atoms with van der Waals surface area (Å²) in [6, 6.07) is 6.31. The van der Waals surface area contributed by atoms with Crippen molar-refractivity contribution < 1.29 is 19.2 Å². The number of nitrogens with zero attached hydrogens (tertiary/aromatic N) is 2. The molecule has 2 N–H and O–H groups in total. The highest BCUT2D eigenvalue weighted by molar-refractivity contribution is 6.58. The first-order valence-electron chi connectivity index (χ1n) is 5.70. The lowest BCUT2D eigenvalue weighted by Crippen LogP contribution is -2.30. The van der Waals surface area contributed by atoms with Gasteiger partial charge in [0.15, 0.2) is 0 Å². The Morgan fingerprint density at radius 1 is 1.11 bits per heavy atom. The third-order valence-electron chi connectivity index (χ3n) is 2.48. The van der Waals surface area contributed by atoms with Crippen LogP contribution in [0.15, 0.2) is 36.7 Å². The van der Waals surface area contributed by atoms with E-state index in [-0.39, 0.29) is 17.3 Å². The summed E-state index contributed by atoms with van der Waals surface area (Å²) in [4.78, 5) is 7.66. The van der Waals surface area contributed by atoms with Gasteiger partial charge < -0.3 is 14.8 Å². The lowest BCUT2D eigenvalue weighted by atomic mass is 9.83. The van der Waals surface area contributed by atoms with Crippen LogP contribution in [0.25, 0.3) is 0 Å². The first kappa shape index (κ1) is 13.4. The molecule has 1 heterocycles. The second kappa shape index (κ2) is 6.26. The molecule has 0 atom stereocenters. The predicted molar refractivity (Wildman–Crippen MR) is 67.5 cm³/mol. The van der Waals surface area contributed by atoms with Crippen LogP contribution in [0.3, 0.4) is 0 Å².